The van der Waals surface area contributed by atoms with Gasteiger partial charge in [-0.1, -0.05) is 36.7 Å². The molecule has 134 valence electrons. The smallest absolute Gasteiger partial charge is 0.261 e. The summed E-state index contributed by atoms with van der Waals surface area (Å²) in [6.45, 7) is 6.75. The van der Waals surface area contributed by atoms with Gasteiger partial charge in [-0.2, -0.15) is 0 Å². The van der Waals surface area contributed by atoms with Crippen molar-refractivity contribution in [3.8, 4) is 11.5 Å². The molecule has 0 heterocycles. The Morgan fingerprint density at radius 1 is 1.20 bits per heavy atom. The zero-order chi connectivity index (χ0) is 18.2. The molecule has 0 spiro atoms. The number of hydrogen-bond donors (Lipinski definition) is 1. The number of aryl methyl sites for hydroxylation is 2. The number of hydrogen-bond acceptors (Lipinski definition) is 3. The summed E-state index contributed by atoms with van der Waals surface area (Å²) < 4.78 is 11.5. The van der Waals surface area contributed by atoms with Gasteiger partial charge in [-0.3, -0.25) is 4.79 Å². The minimum Gasteiger partial charge on any atom is -0.491 e. The molecule has 0 aliphatic rings. The number of halogens is 1. The summed E-state index contributed by atoms with van der Waals surface area (Å²) in [6.07, 6.45) is 0.00934. The Labute approximate surface area is 154 Å². The Balaban J connectivity index is 1.80. The molecule has 2 aromatic rings. The van der Waals surface area contributed by atoms with Gasteiger partial charge in [0.15, 0.2) is 6.10 Å². The van der Waals surface area contributed by atoms with Crippen molar-refractivity contribution in [2.24, 2.45) is 0 Å². The van der Waals surface area contributed by atoms with Gasteiger partial charge in [0.1, 0.15) is 18.1 Å². The highest BCUT2D eigenvalue weighted by Crippen LogP contribution is 2.20. The molecule has 4 nitrogen and oxygen atoms in total. The maximum atomic E-state index is 12.3. The molecule has 0 aliphatic heterocycles. The molecule has 1 atom stereocenters. The first kappa shape index (κ1) is 19.1. The normalized spacial score (nSPS) is 11.7. The van der Waals surface area contributed by atoms with Crippen molar-refractivity contribution in [2.45, 2.75) is 33.3 Å². The van der Waals surface area contributed by atoms with E-state index in [1.54, 1.807) is 24.3 Å². The zero-order valence-electron chi connectivity index (χ0n) is 14.8. The van der Waals surface area contributed by atoms with E-state index in [9.17, 15) is 4.79 Å². The number of nitrogens with one attached hydrogen (secondary N) is 1. The molecule has 0 bridgehead atoms. The molecule has 0 fully saturated rings. The second-order valence-electron chi connectivity index (χ2n) is 5.88. The van der Waals surface area contributed by atoms with Crippen LogP contribution in [-0.2, 0) is 4.79 Å². The van der Waals surface area contributed by atoms with Crippen LogP contribution in [0.15, 0.2) is 42.5 Å². The molecule has 25 heavy (non-hydrogen) atoms. The van der Waals surface area contributed by atoms with Crippen LogP contribution in [0.25, 0.3) is 0 Å². The first-order valence-corrected chi connectivity index (χ1v) is 8.77. The minimum absolute atomic E-state index is 0.160. The predicted molar refractivity (Wildman–Crippen MR) is 101 cm³/mol. The van der Waals surface area contributed by atoms with Gasteiger partial charge in [-0.05, 0) is 55.7 Å². The van der Waals surface area contributed by atoms with Gasteiger partial charge in [0.25, 0.3) is 5.91 Å². The summed E-state index contributed by atoms with van der Waals surface area (Å²) in [5, 5.41) is 3.43. The van der Waals surface area contributed by atoms with E-state index in [-0.39, 0.29) is 5.91 Å². The zero-order valence-corrected chi connectivity index (χ0v) is 15.6. The Hall–Kier alpha value is -2.20. The van der Waals surface area contributed by atoms with E-state index < -0.39 is 6.10 Å². The summed E-state index contributed by atoms with van der Waals surface area (Å²) in [5.41, 5.74) is 2.22. The molecule has 2 rings (SSSR count). The van der Waals surface area contributed by atoms with E-state index in [1.807, 2.05) is 39.0 Å². The van der Waals surface area contributed by atoms with Crippen LogP contribution >= 0.6 is 11.6 Å². The average molecular weight is 362 g/mol. The number of carbonyl (C=O) groups excluding carboxylic acids is 1. The molecule has 2 aromatic carbocycles. The Morgan fingerprint density at radius 3 is 2.72 bits per heavy atom. The van der Waals surface area contributed by atoms with Gasteiger partial charge in [0.2, 0.25) is 0 Å². The lowest BCUT2D eigenvalue weighted by molar-refractivity contribution is -0.128. The Kier molecular flexibility index (Phi) is 7.14. The van der Waals surface area contributed by atoms with Crippen LogP contribution in [0.5, 0.6) is 11.5 Å². The topological polar surface area (TPSA) is 47.6 Å². The van der Waals surface area contributed by atoms with E-state index in [1.165, 1.54) is 0 Å². The van der Waals surface area contributed by atoms with Crippen molar-refractivity contribution < 1.29 is 14.3 Å². The van der Waals surface area contributed by atoms with Gasteiger partial charge in [0.05, 0.1) is 6.54 Å². The van der Waals surface area contributed by atoms with E-state index in [2.05, 4.69) is 5.32 Å². The molecule has 5 heteroatoms. The van der Waals surface area contributed by atoms with Gasteiger partial charge in [-0.15, -0.1) is 0 Å². The Morgan fingerprint density at radius 2 is 2.00 bits per heavy atom. The van der Waals surface area contributed by atoms with Crippen molar-refractivity contribution >= 4 is 17.5 Å². The summed E-state index contributed by atoms with van der Waals surface area (Å²) in [6, 6.07) is 13.1. The fourth-order valence-corrected chi connectivity index (χ4v) is 2.52. The third kappa shape index (κ3) is 5.98. The van der Waals surface area contributed by atoms with Gasteiger partial charge in [0, 0.05) is 5.02 Å². The molecular formula is C20H24ClNO3. The molecule has 0 aromatic heterocycles. The van der Waals surface area contributed by atoms with Crippen molar-refractivity contribution in [2.75, 3.05) is 13.2 Å². The maximum Gasteiger partial charge on any atom is 0.261 e. The van der Waals surface area contributed by atoms with Crippen molar-refractivity contribution in [3.63, 3.8) is 0 Å². The number of ether oxygens (including phenoxy) is 2. The summed E-state index contributed by atoms with van der Waals surface area (Å²) in [7, 11) is 0. The monoisotopic (exact) mass is 361 g/mol. The van der Waals surface area contributed by atoms with Crippen molar-refractivity contribution in [1.82, 2.24) is 5.32 Å². The third-order valence-corrected chi connectivity index (χ3v) is 3.98. The summed E-state index contributed by atoms with van der Waals surface area (Å²) in [5.74, 6) is 1.27. The standard InChI is InChI=1S/C20H24ClNO3/c1-4-18(25-17-7-5-6-16(21)13-17)20(23)22-10-11-24-19-12-14(2)8-9-15(19)3/h5-9,12-13,18H,4,10-11H2,1-3H3,(H,22,23)/t18-/m0/s1. The maximum absolute atomic E-state index is 12.3. The third-order valence-electron chi connectivity index (χ3n) is 3.74. The lowest BCUT2D eigenvalue weighted by Crippen LogP contribution is -2.39. The molecule has 0 unspecified atom stereocenters. The Bertz CT molecular complexity index is 718. The molecule has 0 aliphatic carbocycles. The summed E-state index contributed by atoms with van der Waals surface area (Å²) >= 11 is 5.94. The molecule has 1 N–H and O–H groups in total. The van der Waals surface area contributed by atoms with Crippen LogP contribution in [0.4, 0.5) is 0 Å². The first-order chi connectivity index (χ1) is 12.0. The molecule has 0 radical (unpaired) electrons. The lowest BCUT2D eigenvalue weighted by atomic mass is 10.1. The van der Waals surface area contributed by atoms with Crippen LogP contribution in [0.2, 0.25) is 5.02 Å². The average Bonchev–Trinajstić information content (AvgIpc) is 2.59. The van der Waals surface area contributed by atoms with Crippen LogP contribution in [0.3, 0.4) is 0 Å². The van der Waals surface area contributed by atoms with Crippen LogP contribution < -0.4 is 14.8 Å². The largest absolute Gasteiger partial charge is 0.491 e. The summed E-state index contributed by atoms with van der Waals surface area (Å²) in [4.78, 5) is 12.3. The second-order valence-corrected chi connectivity index (χ2v) is 6.32. The number of rotatable bonds is 8. The molecule has 0 saturated heterocycles. The van der Waals surface area contributed by atoms with Crippen LogP contribution in [0.1, 0.15) is 24.5 Å². The fraction of sp³-hybridized carbons (Fsp3) is 0.350. The highest BCUT2D eigenvalue weighted by atomic mass is 35.5. The fourth-order valence-electron chi connectivity index (χ4n) is 2.34. The van der Waals surface area contributed by atoms with Gasteiger partial charge in [-0.25, -0.2) is 0 Å². The van der Waals surface area contributed by atoms with Crippen molar-refractivity contribution in [1.29, 1.82) is 0 Å². The first-order valence-electron chi connectivity index (χ1n) is 8.39. The van der Waals surface area contributed by atoms with E-state index in [0.29, 0.717) is 30.3 Å². The molecular weight excluding hydrogens is 338 g/mol. The highest BCUT2D eigenvalue weighted by Gasteiger charge is 2.18. The molecule has 1 amide bonds. The number of carbonyl (C=O) groups is 1. The quantitative estimate of drug-likeness (QED) is 0.713. The van der Waals surface area contributed by atoms with E-state index in [0.717, 1.165) is 16.9 Å². The highest BCUT2D eigenvalue weighted by molar-refractivity contribution is 6.30. The predicted octanol–water partition coefficient (Wildman–Crippen LogP) is 4.31. The SMILES string of the molecule is CC[C@H](Oc1cccc(Cl)c1)C(=O)NCCOc1cc(C)ccc1C. The van der Waals surface area contributed by atoms with Gasteiger partial charge < -0.3 is 14.8 Å². The second kappa shape index (κ2) is 9.33. The van der Waals surface area contributed by atoms with Crippen molar-refractivity contribution in [3.05, 3.63) is 58.6 Å². The lowest BCUT2D eigenvalue weighted by Gasteiger charge is -2.17. The van der Waals surface area contributed by atoms with E-state index >= 15 is 0 Å². The van der Waals surface area contributed by atoms with Crippen LogP contribution in [0, 0.1) is 13.8 Å². The van der Waals surface area contributed by atoms with Gasteiger partial charge >= 0.3 is 0 Å². The number of benzene rings is 2. The van der Waals surface area contributed by atoms with E-state index in [4.69, 9.17) is 21.1 Å². The van der Waals surface area contributed by atoms with Crippen LogP contribution in [-0.4, -0.2) is 25.2 Å². The molecule has 0 saturated carbocycles. The number of amides is 1. The minimum atomic E-state index is -0.556.